The van der Waals surface area contributed by atoms with Gasteiger partial charge in [-0.1, -0.05) is 54.1 Å². The lowest BCUT2D eigenvalue weighted by Gasteiger charge is -2.37. The fraction of sp³-hybridized carbons (Fsp3) is 0.375. The molecule has 0 spiro atoms. The number of nitrogens with one attached hydrogen (secondary N) is 1. The zero-order chi connectivity index (χ0) is 52.9. The van der Waals surface area contributed by atoms with Crippen molar-refractivity contribution < 1.29 is 36.5 Å². The van der Waals surface area contributed by atoms with E-state index < -0.39 is 23.3 Å². The zero-order valence-electron chi connectivity index (χ0n) is 42.8. The van der Waals surface area contributed by atoms with E-state index in [-0.39, 0.29) is 32.3 Å². The quantitative estimate of drug-likeness (QED) is 0.0550. The van der Waals surface area contributed by atoms with Crippen LogP contribution in [0.1, 0.15) is 55.2 Å². The number of sulfone groups is 1. The van der Waals surface area contributed by atoms with Crippen LogP contribution in [0.15, 0.2) is 131 Å². The summed E-state index contributed by atoms with van der Waals surface area (Å²) >= 11 is 8.01. The monoisotopic (exact) mass is 1110 g/mol. The molecule has 0 saturated carbocycles. The first kappa shape index (κ1) is 54.6. The molecule has 2 N–H and O–H groups in total. The Bertz CT molecular complexity index is 3130. The lowest BCUT2D eigenvalue weighted by atomic mass is 9.96. The van der Waals surface area contributed by atoms with Gasteiger partial charge in [0.2, 0.25) is 0 Å². The number of aromatic carboxylic acids is 1. The Kier molecular flexibility index (Phi) is 17.5. The zero-order valence-corrected chi connectivity index (χ0v) is 47.0. The topological polar surface area (TPSA) is 154 Å². The maximum atomic E-state index is 15.1. The molecule has 3 aliphatic rings. The number of benzene rings is 5. The molecule has 0 radical (unpaired) electrons. The summed E-state index contributed by atoms with van der Waals surface area (Å²) in [5.74, 6) is 0.118. The standard InChI is InChI=1S/C56H65ClN6O8P2S2/c1-39(2)63-40(3)53(56(64)65)54(55(63)42-13-15-44(57)16-14-42)43-9-8-10-48(35-43)61-31-29-60(30-32-61)46-17-19-47(20-18-46)62-33-34-71-73(62,67)49-21-22-51(52(36-49)75(4,68)69)58-45(38-74-50-11-6-5-7-12-50)25-28-59-26-23-41(24-27-59)37-70-72-66/h5-22,35-36,39,41,45,58H,23-34,37-38H2,1-4H3,(H,64,65)/t45-,73+/m1/s1. The Morgan fingerprint density at radius 1 is 0.853 bits per heavy atom. The van der Waals surface area contributed by atoms with Gasteiger partial charge in [-0.15, -0.1) is 11.8 Å². The number of carboxylic acids is 1. The number of likely N-dealkylation sites (tertiary alicyclic amines) is 1. The Morgan fingerprint density at radius 2 is 1.53 bits per heavy atom. The summed E-state index contributed by atoms with van der Waals surface area (Å²) in [5, 5.41) is 15.1. The van der Waals surface area contributed by atoms with Crippen molar-refractivity contribution in [3.05, 3.63) is 138 Å². The molecule has 396 valence electrons. The molecule has 0 amide bonds. The Morgan fingerprint density at radius 3 is 2.19 bits per heavy atom. The van der Waals surface area contributed by atoms with Gasteiger partial charge in [0.15, 0.2) is 9.84 Å². The highest BCUT2D eigenvalue weighted by Gasteiger charge is 2.41. The fourth-order valence-corrected chi connectivity index (χ4v) is 15.3. The second-order valence-corrected chi connectivity index (χ2v) is 26.1. The number of carbonyl (C=O) groups is 1. The number of hydrogen-bond acceptors (Lipinski definition) is 12. The van der Waals surface area contributed by atoms with Gasteiger partial charge in [0.1, 0.15) is 0 Å². The van der Waals surface area contributed by atoms with Crippen LogP contribution in [0.5, 0.6) is 0 Å². The van der Waals surface area contributed by atoms with Gasteiger partial charge in [-0.2, -0.15) is 0 Å². The highest BCUT2D eigenvalue weighted by molar-refractivity contribution is 7.99. The van der Waals surface area contributed by atoms with Gasteiger partial charge >= 0.3 is 22.2 Å². The Hall–Kier alpha value is -5.15. The van der Waals surface area contributed by atoms with Gasteiger partial charge in [0.05, 0.1) is 46.9 Å². The van der Waals surface area contributed by atoms with Crippen molar-refractivity contribution in [2.24, 2.45) is 5.92 Å². The summed E-state index contributed by atoms with van der Waals surface area (Å²) in [6.45, 7) is 12.7. The van der Waals surface area contributed by atoms with Crippen LogP contribution in [0.4, 0.5) is 22.7 Å². The van der Waals surface area contributed by atoms with Crippen LogP contribution in [0.25, 0.3) is 22.4 Å². The minimum absolute atomic E-state index is 0.0146. The van der Waals surface area contributed by atoms with Gasteiger partial charge in [0.25, 0.3) is 0 Å². The van der Waals surface area contributed by atoms with Crippen LogP contribution in [-0.2, 0) is 28.0 Å². The van der Waals surface area contributed by atoms with Gasteiger partial charge in [0, 0.05) is 95.1 Å². The first-order chi connectivity index (χ1) is 36.1. The van der Waals surface area contributed by atoms with Crippen molar-refractivity contribution in [3.8, 4) is 22.4 Å². The molecule has 0 aliphatic carbocycles. The molecular formula is C56H65ClN6O8P2S2. The summed E-state index contributed by atoms with van der Waals surface area (Å²) in [6.07, 6.45) is 3.90. The average Bonchev–Trinajstić information content (AvgIpc) is 3.99. The van der Waals surface area contributed by atoms with Crippen molar-refractivity contribution in [1.29, 1.82) is 0 Å². The molecule has 4 heterocycles. The third-order valence-corrected chi connectivity index (χ3v) is 19.9. The molecule has 2 atom stereocenters. The third-order valence-electron chi connectivity index (χ3n) is 14.6. The van der Waals surface area contributed by atoms with Crippen LogP contribution < -0.4 is 25.1 Å². The minimum Gasteiger partial charge on any atom is -0.478 e. The molecule has 75 heavy (non-hydrogen) atoms. The predicted molar refractivity (Wildman–Crippen MR) is 305 cm³/mol. The fourth-order valence-electron chi connectivity index (χ4n) is 10.7. The summed E-state index contributed by atoms with van der Waals surface area (Å²) < 4.78 is 68.2. The van der Waals surface area contributed by atoms with Crippen LogP contribution >= 0.6 is 39.6 Å². The third kappa shape index (κ3) is 12.5. The molecule has 5 aromatic carbocycles. The number of piperazine rings is 1. The molecule has 9 rings (SSSR count). The van der Waals surface area contributed by atoms with Gasteiger partial charge in [-0.05, 0) is 149 Å². The van der Waals surface area contributed by atoms with Crippen molar-refractivity contribution in [2.75, 3.05) is 97.4 Å². The van der Waals surface area contributed by atoms with Crippen molar-refractivity contribution in [3.63, 3.8) is 0 Å². The number of hydrogen-bond donors (Lipinski definition) is 2. The first-order valence-electron chi connectivity index (χ1n) is 25.5. The molecule has 0 unspecified atom stereocenters. The highest BCUT2D eigenvalue weighted by atomic mass is 35.5. The second-order valence-electron chi connectivity index (χ2n) is 19.8. The molecule has 19 heteroatoms. The predicted octanol–water partition coefficient (Wildman–Crippen LogP) is 12.0. The van der Waals surface area contributed by atoms with Crippen molar-refractivity contribution in [2.45, 2.75) is 61.9 Å². The van der Waals surface area contributed by atoms with Crippen LogP contribution in [0.3, 0.4) is 0 Å². The molecule has 3 aliphatic heterocycles. The van der Waals surface area contributed by atoms with Crippen LogP contribution in [-0.4, -0.2) is 113 Å². The van der Waals surface area contributed by atoms with E-state index in [2.05, 4.69) is 62.7 Å². The average molecular weight is 1110 g/mol. The highest BCUT2D eigenvalue weighted by Crippen LogP contribution is 2.56. The minimum atomic E-state index is -3.78. The van der Waals surface area contributed by atoms with E-state index in [1.807, 2.05) is 85.8 Å². The van der Waals surface area contributed by atoms with Crippen LogP contribution in [0, 0.1) is 12.8 Å². The van der Waals surface area contributed by atoms with Crippen LogP contribution in [0.2, 0.25) is 5.02 Å². The van der Waals surface area contributed by atoms with E-state index in [1.165, 1.54) is 12.3 Å². The Labute approximate surface area is 452 Å². The number of nitrogens with zero attached hydrogens (tertiary/aromatic N) is 5. The number of carboxylic acid groups (broad SMARTS) is 1. The Balaban J connectivity index is 0.886. The maximum absolute atomic E-state index is 15.1. The number of piperidine rings is 1. The lowest BCUT2D eigenvalue weighted by molar-refractivity contribution is 0.0696. The maximum Gasteiger partial charge on any atom is 0.338 e. The molecule has 6 aromatic rings. The van der Waals surface area contributed by atoms with E-state index in [1.54, 1.807) is 28.6 Å². The number of anilines is 4. The van der Waals surface area contributed by atoms with Crippen molar-refractivity contribution in [1.82, 2.24) is 9.47 Å². The van der Waals surface area contributed by atoms with Gasteiger partial charge < -0.3 is 34.2 Å². The molecular weight excluding hydrogens is 1050 g/mol. The van der Waals surface area contributed by atoms with E-state index in [9.17, 15) is 22.9 Å². The van der Waals surface area contributed by atoms with Gasteiger partial charge in [-0.25, -0.2) is 17.8 Å². The lowest BCUT2D eigenvalue weighted by Crippen LogP contribution is -2.46. The number of rotatable bonds is 20. The van der Waals surface area contributed by atoms with Gasteiger partial charge in [-0.3, -0.25) is 13.8 Å². The summed E-state index contributed by atoms with van der Waals surface area (Å²) in [4.78, 5) is 21.2. The number of aromatic nitrogens is 1. The molecule has 3 fully saturated rings. The normalized spacial score (nSPS) is 18.3. The first-order valence-corrected chi connectivity index (χ1v) is 31.1. The van der Waals surface area contributed by atoms with E-state index in [0.717, 1.165) is 104 Å². The number of thioether (sulfide) groups is 1. The van der Waals surface area contributed by atoms with Crippen molar-refractivity contribution >= 4 is 83.4 Å². The molecule has 0 bridgehead atoms. The van der Waals surface area contributed by atoms with E-state index in [0.29, 0.717) is 57.7 Å². The second kappa shape index (κ2) is 24.0. The van der Waals surface area contributed by atoms with E-state index in [4.69, 9.17) is 20.6 Å². The SMILES string of the molecule is Cc1c(C(=O)O)c(-c2cccc(N3CCN(c4ccc(N5CCO[P@@]5(=O)c5ccc(N[C@H](CCN6CCC(COP=O)CC6)CSc6ccccc6)c(S(C)(=O)=O)c5)cc4)CC3)c2)c(-c2ccc(Cl)cc2)n1C(C)C. The number of halogens is 1. The summed E-state index contributed by atoms with van der Waals surface area (Å²) in [5.41, 5.74) is 7.48. The largest absolute Gasteiger partial charge is 0.478 e. The van der Waals surface area contributed by atoms with E-state index >= 15 is 4.57 Å². The molecule has 1 aromatic heterocycles. The smallest absolute Gasteiger partial charge is 0.338 e. The molecule has 14 nitrogen and oxygen atoms in total. The molecule has 3 saturated heterocycles. The summed E-state index contributed by atoms with van der Waals surface area (Å²) in [6, 6.07) is 38.8. The summed E-state index contributed by atoms with van der Waals surface area (Å²) in [7, 11) is -7.77.